The van der Waals surface area contributed by atoms with Gasteiger partial charge in [0.1, 0.15) is 4.60 Å². The summed E-state index contributed by atoms with van der Waals surface area (Å²) >= 11 is 6.14. The van der Waals surface area contributed by atoms with E-state index in [9.17, 15) is 0 Å². The molecule has 0 aliphatic heterocycles. The average molecular weight is 268 g/mol. The number of nitrogens with two attached hydrogens (primary N) is 1. The minimum absolute atomic E-state index is 0.361. The molecule has 54 valence electrons. The van der Waals surface area contributed by atoms with Crippen molar-refractivity contribution in [3.63, 3.8) is 0 Å². The van der Waals surface area contributed by atoms with E-state index in [4.69, 9.17) is 5.73 Å². The molecule has 1 aromatic heterocycles. The Hall–Kier alpha value is -0.360. The van der Waals surface area contributed by atoms with Crippen LogP contribution in [-0.2, 0) is 0 Å². The van der Waals surface area contributed by atoms with E-state index in [-0.39, 0.29) is 0 Å². The van der Waals surface area contributed by atoms with Crippen molar-refractivity contribution >= 4 is 43.7 Å². The summed E-state index contributed by atoms with van der Waals surface area (Å²) in [7, 11) is 0. The van der Waals surface area contributed by atoms with Gasteiger partial charge in [0.15, 0.2) is 11.6 Å². The molecule has 0 radical (unpaired) electrons. The highest BCUT2D eigenvalue weighted by Crippen LogP contribution is 2.16. The number of anilines is 2. The predicted molar refractivity (Wildman–Crippen MR) is 46.7 cm³/mol. The minimum atomic E-state index is 0.361. The van der Waals surface area contributed by atoms with E-state index in [2.05, 4.69) is 46.4 Å². The largest absolute Gasteiger partial charge is 0.381 e. The Labute approximate surface area is 74.7 Å². The first kappa shape index (κ1) is 7.74. The Bertz CT molecular complexity index is 239. The predicted octanol–water partition coefficient (Wildman–Crippen LogP) is 1.54. The summed E-state index contributed by atoms with van der Waals surface area (Å²) in [4.78, 5) is 7.79. The van der Waals surface area contributed by atoms with Gasteiger partial charge in [-0.1, -0.05) is 0 Å². The highest BCUT2D eigenvalue weighted by Gasteiger charge is 1.99. The van der Waals surface area contributed by atoms with Crippen LogP contribution in [0.1, 0.15) is 0 Å². The Morgan fingerprint density at radius 3 is 2.80 bits per heavy atom. The molecule has 0 saturated heterocycles. The zero-order chi connectivity index (χ0) is 7.56. The zero-order valence-electron chi connectivity index (χ0n) is 4.81. The van der Waals surface area contributed by atoms with Crippen molar-refractivity contribution in [1.82, 2.24) is 9.97 Å². The van der Waals surface area contributed by atoms with Gasteiger partial charge in [0.2, 0.25) is 0 Å². The lowest BCUT2D eigenvalue weighted by molar-refractivity contribution is 1.19. The molecule has 0 spiro atoms. The average Bonchev–Trinajstić information content (AvgIpc) is 1.94. The molecule has 0 unspecified atom stereocenters. The molecule has 0 atom stereocenters. The second-order valence-corrected chi connectivity index (χ2v) is 2.73. The maximum Gasteiger partial charge on any atom is 0.180 e. The molecule has 6 heteroatoms. The van der Waals surface area contributed by atoms with Crippen LogP contribution in [0.15, 0.2) is 10.8 Å². The molecule has 0 amide bonds. The van der Waals surface area contributed by atoms with Gasteiger partial charge in [-0.3, -0.25) is 0 Å². The number of nitrogens with zero attached hydrogens (tertiary/aromatic N) is 2. The molecule has 4 nitrogen and oxygen atoms in total. The molecule has 0 aliphatic carbocycles. The molecular formula is C4H4Br2N4. The van der Waals surface area contributed by atoms with Crippen molar-refractivity contribution in [1.29, 1.82) is 0 Å². The van der Waals surface area contributed by atoms with Crippen molar-refractivity contribution in [3.05, 3.63) is 10.8 Å². The van der Waals surface area contributed by atoms with E-state index in [1.165, 1.54) is 6.20 Å². The normalized spacial score (nSPS) is 9.40. The van der Waals surface area contributed by atoms with Gasteiger partial charge >= 0.3 is 0 Å². The number of aromatic nitrogens is 2. The number of hydrogen-bond donors (Lipinski definition) is 2. The molecule has 3 N–H and O–H groups in total. The topological polar surface area (TPSA) is 63.8 Å². The van der Waals surface area contributed by atoms with Crippen LogP contribution < -0.4 is 10.1 Å². The van der Waals surface area contributed by atoms with Crippen molar-refractivity contribution < 1.29 is 0 Å². The number of halogens is 2. The molecule has 1 heterocycles. The lowest BCUT2D eigenvalue weighted by Gasteiger charge is -1.99. The molecule has 0 aliphatic rings. The summed E-state index contributed by atoms with van der Waals surface area (Å²) in [6, 6.07) is 0. The van der Waals surface area contributed by atoms with Crippen LogP contribution in [0.2, 0.25) is 0 Å². The van der Waals surface area contributed by atoms with E-state index in [1.807, 2.05) is 0 Å². The zero-order valence-corrected chi connectivity index (χ0v) is 7.98. The highest BCUT2D eigenvalue weighted by molar-refractivity contribution is 9.10. The quantitative estimate of drug-likeness (QED) is 0.758. The van der Waals surface area contributed by atoms with Crippen LogP contribution >= 0.6 is 32.1 Å². The van der Waals surface area contributed by atoms with Gasteiger partial charge in [0, 0.05) is 16.1 Å². The first-order valence-corrected chi connectivity index (χ1v) is 3.97. The monoisotopic (exact) mass is 266 g/mol. The summed E-state index contributed by atoms with van der Waals surface area (Å²) in [5.41, 5.74) is 5.41. The van der Waals surface area contributed by atoms with Crippen molar-refractivity contribution in [3.8, 4) is 0 Å². The van der Waals surface area contributed by atoms with Gasteiger partial charge in [-0.15, -0.1) is 0 Å². The third-order valence-electron chi connectivity index (χ3n) is 0.861. The van der Waals surface area contributed by atoms with Crippen molar-refractivity contribution in [2.75, 3.05) is 10.1 Å². The maximum atomic E-state index is 5.41. The smallest absolute Gasteiger partial charge is 0.180 e. The second-order valence-electron chi connectivity index (χ2n) is 1.52. The summed E-state index contributed by atoms with van der Waals surface area (Å²) in [5, 5.41) is 0. The first-order chi connectivity index (χ1) is 4.74. The van der Waals surface area contributed by atoms with Crippen LogP contribution in [0.4, 0.5) is 11.6 Å². The fourth-order valence-corrected chi connectivity index (χ4v) is 1.02. The van der Waals surface area contributed by atoms with Crippen LogP contribution in [0.5, 0.6) is 0 Å². The number of rotatable bonds is 1. The minimum Gasteiger partial charge on any atom is -0.381 e. The fourth-order valence-electron chi connectivity index (χ4n) is 0.446. The van der Waals surface area contributed by atoms with Gasteiger partial charge in [0.05, 0.1) is 6.20 Å². The summed E-state index contributed by atoms with van der Waals surface area (Å²) in [6.45, 7) is 0. The molecule has 0 saturated carbocycles. The van der Waals surface area contributed by atoms with Crippen LogP contribution in [0.25, 0.3) is 0 Å². The molecule has 0 aromatic carbocycles. The Balaban J connectivity index is 3.09. The van der Waals surface area contributed by atoms with E-state index in [1.54, 1.807) is 0 Å². The van der Waals surface area contributed by atoms with Crippen molar-refractivity contribution in [2.45, 2.75) is 0 Å². The first-order valence-electron chi connectivity index (χ1n) is 2.38. The van der Waals surface area contributed by atoms with E-state index in [0.717, 1.165) is 0 Å². The summed E-state index contributed by atoms with van der Waals surface area (Å²) in [6.07, 6.45) is 1.53. The van der Waals surface area contributed by atoms with Crippen LogP contribution in [-0.4, -0.2) is 9.97 Å². The van der Waals surface area contributed by atoms with E-state index >= 15 is 0 Å². The van der Waals surface area contributed by atoms with Gasteiger partial charge < -0.3 is 10.1 Å². The number of nitrogen functional groups attached to an aromatic ring is 1. The SMILES string of the molecule is Nc1ncc(Br)nc1NBr. The van der Waals surface area contributed by atoms with Gasteiger partial charge in [-0.05, 0) is 15.9 Å². The third kappa shape index (κ3) is 1.57. The lowest BCUT2D eigenvalue weighted by Crippen LogP contribution is -1.97. The summed E-state index contributed by atoms with van der Waals surface area (Å²) in [5.74, 6) is 0.870. The molecular weight excluding hydrogens is 264 g/mol. The Morgan fingerprint density at radius 2 is 2.30 bits per heavy atom. The molecule has 1 rings (SSSR count). The maximum absolute atomic E-state index is 5.41. The molecule has 0 fully saturated rings. The lowest BCUT2D eigenvalue weighted by atomic mass is 10.6. The van der Waals surface area contributed by atoms with Gasteiger partial charge in [0.25, 0.3) is 0 Å². The van der Waals surface area contributed by atoms with Crippen molar-refractivity contribution in [2.24, 2.45) is 0 Å². The van der Waals surface area contributed by atoms with Gasteiger partial charge in [-0.25, -0.2) is 9.97 Å². The molecule has 10 heavy (non-hydrogen) atoms. The Morgan fingerprint density at radius 1 is 1.60 bits per heavy atom. The molecule has 1 aromatic rings. The van der Waals surface area contributed by atoms with E-state index < -0.39 is 0 Å². The van der Waals surface area contributed by atoms with E-state index in [0.29, 0.717) is 16.2 Å². The standard InChI is InChI=1S/C4H4Br2N4/c5-2-1-8-3(7)4(9-2)10-6/h1H,(H2,7,8)(H,9,10). The second kappa shape index (κ2) is 3.16. The fraction of sp³-hybridized carbons (Fsp3) is 0. The van der Waals surface area contributed by atoms with Crippen LogP contribution in [0.3, 0.4) is 0 Å². The number of hydrogen-bond acceptors (Lipinski definition) is 4. The molecule has 0 bridgehead atoms. The number of nitrogens with one attached hydrogen (secondary N) is 1. The third-order valence-corrected chi connectivity index (χ3v) is 1.62. The Kier molecular flexibility index (Phi) is 2.44. The summed E-state index contributed by atoms with van der Waals surface area (Å²) < 4.78 is 3.26. The van der Waals surface area contributed by atoms with Gasteiger partial charge in [-0.2, -0.15) is 0 Å². The highest BCUT2D eigenvalue weighted by atomic mass is 79.9. The van der Waals surface area contributed by atoms with Crippen LogP contribution in [0, 0.1) is 0 Å².